The Morgan fingerprint density at radius 3 is 2.71 bits per heavy atom. The first-order valence-electron chi connectivity index (χ1n) is 7.16. The molecule has 0 fully saturated rings. The van der Waals surface area contributed by atoms with Crippen LogP contribution in [0, 0.1) is 18.3 Å². The number of nitrogens with one attached hydrogen (secondary N) is 2. The van der Waals surface area contributed by atoms with Crippen LogP contribution in [0.15, 0.2) is 54.2 Å². The first kappa shape index (κ1) is 17.9. The highest BCUT2D eigenvalue weighted by Crippen LogP contribution is 2.23. The van der Waals surface area contributed by atoms with Crippen LogP contribution in [0.5, 0.6) is 0 Å². The van der Waals surface area contributed by atoms with E-state index in [1.54, 1.807) is 31.2 Å². The van der Waals surface area contributed by atoms with E-state index >= 15 is 0 Å². The van der Waals surface area contributed by atoms with E-state index in [2.05, 4.69) is 10.6 Å². The zero-order valence-electron chi connectivity index (χ0n) is 12.9. The number of halogens is 2. The van der Waals surface area contributed by atoms with Crippen molar-refractivity contribution in [2.75, 3.05) is 5.32 Å². The van der Waals surface area contributed by atoms with Crippen molar-refractivity contribution in [3.63, 3.8) is 0 Å². The Morgan fingerprint density at radius 1 is 1.25 bits per heavy atom. The molecule has 0 aromatic heterocycles. The monoisotopic (exact) mass is 359 g/mol. The number of nitrogens with zero attached hydrogens (tertiary/aromatic N) is 1. The van der Waals surface area contributed by atoms with Gasteiger partial charge in [0.05, 0.1) is 0 Å². The predicted molar refractivity (Wildman–Crippen MR) is 96.8 cm³/mol. The Labute approximate surface area is 150 Å². The molecular weight excluding hydrogens is 345 g/mol. The van der Waals surface area contributed by atoms with Gasteiger partial charge in [0, 0.05) is 28.5 Å². The highest BCUT2D eigenvalue weighted by atomic mass is 35.5. The van der Waals surface area contributed by atoms with Gasteiger partial charge in [-0.15, -0.1) is 0 Å². The largest absolute Gasteiger partial charge is 0.386 e. The summed E-state index contributed by atoms with van der Waals surface area (Å²) in [6, 6.07) is 14.4. The van der Waals surface area contributed by atoms with E-state index in [4.69, 9.17) is 23.2 Å². The predicted octanol–water partition coefficient (Wildman–Crippen LogP) is 4.44. The maximum atomic E-state index is 12.2. The van der Waals surface area contributed by atoms with E-state index in [0.29, 0.717) is 22.3 Å². The lowest BCUT2D eigenvalue weighted by atomic mass is 10.2. The molecule has 24 heavy (non-hydrogen) atoms. The highest BCUT2D eigenvalue weighted by Gasteiger charge is 2.11. The molecule has 0 saturated heterocycles. The molecule has 1 amide bonds. The smallest absolute Gasteiger partial charge is 0.267 e. The highest BCUT2D eigenvalue weighted by molar-refractivity contribution is 6.32. The van der Waals surface area contributed by atoms with Gasteiger partial charge in [-0.05, 0) is 42.3 Å². The van der Waals surface area contributed by atoms with Crippen LogP contribution in [0.1, 0.15) is 11.1 Å². The van der Waals surface area contributed by atoms with Crippen molar-refractivity contribution < 1.29 is 4.79 Å². The molecule has 0 bridgehead atoms. The third kappa shape index (κ3) is 4.76. The second-order valence-corrected chi connectivity index (χ2v) is 5.89. The molecule has 2 N–H and O–H groups in total. The summed E-state index contributed by atoms with van der Waals surface area (Å²) in [6.07, 6.45) is 1.39. The van der Waals surface area contributed by atoms with E-state index in [1.165, 1.54) is 6.20 Å². The zero-order chi connectivity index (χ0) is 17.5. The first-order chi connectivity index (χ1) is 11.5. The van der Waals surface area contributed by atoms with Crippen LogP contribution in [0.3, 0.4) is 0 Å². The summed E-state index contributed by atoms with van der Waals surface area (Å²) in [5, 5.41) is 16.0. The molecule has 4 nitrogen and oxygen atoms in total. The lowest BCUT2D eigenvalue weighted by molar-refractivity contribution is -0.112. The van der Waals surface area contributed by atoms with Gasteiger partial charge in [-0.1, -0.05) is 41.4 Å². The Bertz CT molecular complexity index is 825. The van der Waals surface area contributed by atoms with E-state index in [0.717, 1.165) is 11.1 Å². The fraction of sp³-hybridized carbons (Fsp3) is 0.111. The van der Waals surface area contributed by atoms with Crippen molar-refractivity contribution in [1.29, 1.82) is 5.26 Å². The van der Waals surface area contributed by atoms with E-state index < -0.39 is 5.91 Å². The van der Waals surface area contributed by atoms with Gasteiger partial charge in [0.2, 0.25) is 0 Å². The van der Waals surface area contributed by atoms with Crippen LogP contribution in [-0.2, 0) is 11.3 Å². The number of nitriles is 1. The zero-order valence-corrected chi connectivity index (χ0v) is 14.4. The summed E-state index contributed by atoms with van der Waals surface area (Å²) in [5.41, 5.74) is 2.23. The van der Waals surface area contributed by atoms with Gasteiger partial charge in [-0.25, -0.2) is 0 Å². The molecule has 0 aliphatic heterocycles. The maximum absolute atomic E-state index is 12.2. The van der Waals surface area contributed by atoms with Gasteiger partial charge in [0.1, 0.15) is 11.6 Å². The minimum absolute atomic E-state index is 0.0311. The van der Waals surface area contributed by atoms with Crippen LogP contribution in [-0.4, -0.2) is 5.91 Å². The van der Waals surface area contributed by atoms with Crippen molar-refractivity contribution in [3.8, 4) is 6.07 Å². The van der Waals surface area contributed by atoms with Crippen LogP contribution in [0.25, 0.3) is 0 Å². The third-order valence-corrected chi connectivity index (χ3v) is 3.97. The molecule has 0 spiro atoms. The van der Waals surface area contributed by atoms with Crippen LogP contribution >= 0.6 is 23.2 Å². The molecule has 0 aliphatic carbocycles. The minimum Gasteiger partial charge on any atom is -0.386 e. The molecule has 2 aromatic carbocycles. The van der Waals surface area contributed by atoms with Gasteiger partial charge in [0.15, 0.2) is 0 Å². The van der Waals surface area contributed by atoms with Crippen molar-refractivity contribution in [3.05, 3.63) is 75.4 Å². The molecule has 122 valence electrons. The fourth-order valence-electron chi connectivity index (χ4n) is 2.00. The molecule has 2 aromatic rings. The molecule has 0 atom stereocenters. The van der Waals surface area contributed by atoms with Crippen LogP contribution in [0.4, 0.5) is 5.69 Å². The van der Waals surface area contributed by atoms with Crippen molar-refractivity contribution in [2.24, 2.45) is 0 Å². The van der Waals surface area contributed by atoms with Crippen LogP contribution in [0.2, 0.25) is 10.0 Å². The van der Waals surface area contributed by atoms with Crippen molar-refractivity contribution >= 4 is 34.8 Å². The van der Waals surface area contributed by atoms with Gasteiger partial charge in [-0.2, -0.15) is 5.26 Å². The first-order valence-corrected chi connectivity index (χ1v) is 7.91. The Kier molecular flexibility index (Phi) is 6.25. The van der Waals surface area contributed by atoms with Crippen molar-refractivity contribution in [1.82, 2.24) is 5.32 Å². The number of carbonyl (C=O) groups excluding carboxylic acids is 1. The van der Waals surface area contributed by atoms with Crippen LogP contribution < -0.4 is 10.6 Å². The lowest BCUT2D eigenvalue weighted by Crippen LogP contribution is -2.17. The average molecular weight is 360 g/mol. The fourth-order valence-corrected chi connectivity index (χ4v) is 2.39. The van der Waals surface area contributed by atoms with Gasteiger partial charge in [-0.3, -0.25) is 4.79 Å². The molecule has 0 heterocycles. The Hall–Kier alpha value is -2.48. The normalized spacial score (nSPS) is 10.8. The van der Waals surface area contributed by atoms with Gasteiger partial charge < -0.3 is 10.6 Å². The topological polar surface area (TPSA) is 64.9 Å². The summed E-state index contributed by atoms with van der Waals surface area (Å²) in [4.78, 5) is 12.2. The second-order valence-electron chi connectivity index (χ2n) is 5.05. The van der Waals surface area contributed by atoms with E-state index in [1.807, 2.05) is 24.3 Å². The number of rotatable bonds is 5. The maximum Gasteiger partial charge on any atom is 0.267 e. The van der Waals surface area contributed by atoms with E-state index in [9.17, 15) is 10.1 Å². The summed E-state index contributed by atoms with van der Waals surface area (Å²) in [5.74, 6) is -0.499. The Morgan fingerprint density at radius 2 is 2.00 bits per heavy atom. The molecule has 6 heteroatoms. The Balaban J connectivity index is 2.03. The summed E-state index contributed by atoms with van der Waals surface area (Å²) >= 11 is 11.9. The molecule has 0 radical (unpaired) electrons. The summed E-state index contributed by atoms with van der Waals surface area (Å²) < 4.78 is 0. The molecule has 0 saturated carbocycles. The quantitative estimate of drug-likeness (QED) is 0.612. The number of anilines is 1. The number of benzene rings is 2. The minimum atomic E-state index is -0.499. The third-order valence-electron chi connectivity index (χ3n) is 3.32. The summed E-state index contributed by atoms with van der Waals surface area (Å²) in [6.45, 7) is 2.25. The molecule has 0 unspecified atom stereocenters. The van der Waals surface area contributed by atoms with Gasteiger partial charge in [0.25, 0.3) is 5.91 Å². The lowest BCUT2D eigenvalue weighted by Gasteiger charge is -2.09. The SMILES string of the molecule is Cc1c(Cl)cccc1NC(=O)/C(C#N)=C\NCc1cccc(Cl)c1. The second kappa shape index (κ2) is 8.39. The van der Waals surface area contributed by atoms with Crippen molar-refractivity contribution in [2.45, 2.75) is 13.5 Å². The number of amides is 1. The number of hydrogen-bond donors (Lipinski definition) is 2. The van der Waals surface area contributed by atoms with Gasteiger partial charge >= 0.3 is 0 Å². The average Bonchev–Trinajstić information content (AvgIpc) is 2.56. The number of hydrogen-bond acceptors (Lipinski definition) is 3. The molecule has 2 rings (SSSR count). The summed E-state index contributed by atoms with van der Waals surface area (Å²) in [7, 11) is 0. The van der Waals surface area contributed by atoms with E-state index in [-0.39, 0.29) is 5.57 Å². The number of carbonyl (C=O) groups is 1. The standard InChI is InChI=1S/C18H15Cl2N3O/c1-12-16(20)6-3-7-17(12)23-18(24)14(9-21)11-22-10-13-4-2-5-15(19)8-13/h2-8,11,22H,10H2,1H3,(H,23,24)/b14-11-. The molecular formula is C18H15Cl2N3O. The molecule has 0 aliphatic rings.